The molecule has 2 nitrogen and oxygen atoms in total. The normalized spacial score (nSPS) is 13.7. The largest absolute Gasteiger partial charge is 0.356 e. The van der Waals surface area contributed by atoms with Crippen molar-refractivity contribution in [1.29, 1.82) is 0 Å². The molecule has 0 rings (SSSR count). The summed E-state index contributed by atoms with van der Waals surface area (Å²) in [4.78, 5) is 0. The smallest absolute Gasteiger partial charge is 0.157 e. The van der Waals surface area contributed by atoms with E-state index in [1.807, 2.05) is 6.92 Å². The van der Waals surface area contributed by atoms with Gasteiger partial charge in [0, 0.05) is 25.5 Å². The fourth-order valence-corrected chi connectivity index (χ4v) is 0.918. The van der Waals surface area contributed by atoms with Crippen LogP contribution in [0.1, 0.15) is 13.3 Å². The van der Waals surface area contributed by atoms with Gasteiger partial charge in [0.2, 0.25) is 0 Å². The third-order valence-electron chi connectivity index (χ3n) is 0.960. The predicted molar refractivity (Wildman–Crippen MR) is 40.8 cm³/mol. The Bertz CT molecular complexity index is 53.0. The van der Waals surface area contributed by atoms with Gasteiger partial charge < -0.3 is 9.47 Å². The van der Waals surface area contributed by atoms with E-state index in [-0.39, 0.29) is 6.29 Å². The van der Waals surface area contributed by atoms with Crippen LogP contribution in [0.15, 0.2) is 0 Å². The minimum absolute atomic E-state index is 0.0330. The molecule has 0 aliphatic rings. The first-order chi connectivity index (χ1) is 4.35. The van der Waals surface area contributed by atoms with E-state index in [1.165, 1.54) is 0 Å². The molecule has 56 valence electrons. The molecular formula is C6H13BrO2. The number of hydrogen-bond acceptors (Lipinski definition) is 2. The maximum absolute atomic E-state index is 5.18. The number of alkyl halides is 1. The Morgan fingerprint density at radius 3 is 2.56 bits per heavy atom. The van der Waals surface area contributed by atoms with Crippen LogP contribution in [-0.4, -0.2) is 25.3 Å². The Kier molecular flexibility index (Phi) is 6.81. The van der Waals surface area contributed by atoms with Gasteiger partial charge in [-0.1, -0.05) is 15.9 Å². The first-order valence-electron chi connectivity index (χ1n) is 3.05. The maximum Gasteiger partial charge on any atom is 0.157 e. The zero-order chi connectivity index (χ0) is 7.11. The molecule has 0 aliphatic carbocycles. The topological polar surface area (TPSA) is 18.5 Å². The van der Waals surface area contributed by atoms with Gasteiger partial charge in [0.05, 0.1) is 0 Å². The summed E-state index contributed by atoms with van der Waals surface area (Å²) in [6, 6.07) is 0. The van der Waals surface area contributed by atoms with Gasteiger partial charge in [0.25, 0.3) is 0 Å². The molecular weight excluding hydrogens is 184 g/mol. The number of ether oxygens (including phenoxy) is 2. The molecule has 0 N–H and O–H groups in total. The zero-order valence-electron chi connectivity index (χ0n) is 5.89. The lowest BCUT2D eigenvalue weighted by Gasteiger charge is -2.12. The second kappa shape index (κ2) is 6.52. The lowest BCUT2D eigenvalue weighted by Crippen LogP contribution is -2.15. The summed E-state index contributed by atoms with van der Waals surface area (Å²) in [6.07, 6.45) is 0.874. The summed E-state index contributed by atoms with van der Waals surface area (Å²) in [7, 11) is 1.66. The molecule has 0 aromatic rings. The molecule has 3 heteroatoms. The molecule has 0 fully saturated rings. The van der Waals surface area contributed by atoms with Gasteiger partial charge in [-0.05, 0) is 6.92 Å². The average molecular weight is 197 g/mol. The van der Waals surface area contributed by atoms with Crippen LogP contribution >= 0.6 is 15.9 Å². The molecule has 0 aliphatic heterocycles. The lowest BCUT2D eigenvalue weighted by molar-refractivity contribution is -0.120. The molecule has 0 aromatic heterocycles. The molecule has 0 aromatic carbocycles. The third-order valence-corrected chi connectivity index (χ3v) is 1.42. The van der Waals surface area contributed by atoms with Crippen LogP contribution in [0, 0.1) is 0 Å². The summed E-state index contributed by atoms with van der Waals surface area (Å²) >= 11 is 3.30. The molecule has 9 heavy (non-hydrogen) atoms. The SMILES string of the molecule is CCOC(CCBr)OC. The average Bonchev–Trinajstić information content (AvgIpc) is 1.88. The molecule has 0 saturated heterocycles. The molecule has 0 spiro atoms. The standard InChI is InChI=1S/C6H13BrO2/c1-3-9-6(8-2)4-5-7/h6H,3-5H2,1-2H3. The summed E-state index contributed by atoms with van der Waals surface area (Å²) in [5.41, 5.74) is 0. The fraction of sp³-hybridized carbons (Fsp3) is 1.00. The van der Waals surface area contributed by atoms with Crippen molar-refractivity contribution in [3.8, 4) is 0 Å². The quantitative estimate of drug-likeness (QED) is 0.494. The van der Waals surface area contributed by atoms with Gasteiger partial charge in [-0.15, -0.1) is 0 Å². The van der Waals surface area contributed by atoms with Crippen LogP contribution in [0.5, 0.6) is 0 Å². The molecule has 1 unspecified atom stereocenters. The van der Waals surface area contributed by atoms with Gasteiger partial charge in [0.15, 0.2) is 6.29 Å². The Morgan fingerprint density at radius 1 is 1.56 bits per heavy atom. The van der Waals surface area contributed by atoms with Crippen molar-refractivity contribution in [2.45, 2.75) is 19.6 Å². The molecule has 0 amide bonds. The van der Waals surface area contributed by atoms with Crippen LogP contribution in [0.2, 0.25) is 0 Å². The van der Waals surface area contributed by atoms with Gasteiger partial charge in [-0.3, -0.25) is 0 Å². The first-order valence-corrected chi connectivity index (χ1v) is 4.17. The number of halogens is 1. The van der Waals surface area contributed by atoms with Crippen LogP contribution < -0.4 is 0 Å². The zero-order valence-corrected chi connectivity index (χ0v) is 7.48. The van der Waals surface area contributed by atoms with E-state index in [0.29, 0.717) is 6.61 Å². The van der Waals surface area contributed by atoms with Crippen LogP contribution in [0.3, 0.4) is 0 Å². The van der Waals surface area contributed by atoms with E-state index in [1.54, 1.807) is 7.11 Å². The Labute approximate surface area is 64.7 Å². The van der Waals surface area contributed by atoms with Crippen molar-refractivity contribution in [2.24, 2.45) is 0 Å². The monoisotopic (exact) mass is 196 g/mol. The van der Waals surface area contributed by atoms with Crippen LogP contribution in [0.25, 0.3) is 0 Å². The van der Waals surface area contributed by atoms with Crippen LogP contribution in [0.4, 0.5) is 0 Å². The summed E-state index contributed by atoms with van der Waals surface area (Å²) in [5.74, 6) is 0. The second-order valence-electron chi connectivity index (χ2n) is 1.60. The third kappa shape index (κ3) is 4.88. The Hall–Kier alpha value is 0.400. The summed E-state index contributed by atoms with van der Waals surface area (Å²) in [5, 5.41) is 0.922. The fourth-order valence-electron chi connectivity index (χ4n) is 0.544. The van der Waals surface area contributed by atoms with Gasteiger partial charge in [-0.25, -0.2) is 0 Å². The van der Waals surface area contributed by atoms with Crippen molar-refractivity contribution in [3.05, 3.63) is 0 Å². The highest BCUT2D eigenvalue weighted by Gasteiger charge is 2.02. The number of hydrogen-bond donors (Lipinski definition) is 0. The molecule has 0 saturated carbocycles. The predicted octanol–water partition coefficient (Wildman–Crippen LogP) is 1.78. The lowest BCUT2D eigenvalue weighted by atomic mass is 10.5. The summed E-state index contributed by atoms with van der Waals surface area (Å²) in [6.45, 7) is 2.67. The van der Waals surface area contributed by atoms with Gasteiger partial charge >= 0.3 is 0 Å². The van der Waals surface area contributed by atoms with Gasteiger partial charge in [0.1, 0.15) is 0 Å². The number of rotatable bonds is 5. The van der Waals surface area contributed by atoms with Crippen molar-refractivity contribution < 1.29 is 9.47 Å². The molecule has 1 atom stereocenters. The minimum atomic E-state index is -0.0330. The van der Waals surface area contributed by atoms with E-state index >= 15 is 0 Å². The van der Waals surface area contributed by atoms with Crippen molar-refractivity contribution in [1.82, 2.24) is 0 Å². The molecule has 0 heterocycles. The highest BCUT2D eigenvalue weighted by atomic mass is 79.9. The highest BCUT2D eigenvalue weighted by molar-refractivity contribution is 9.09. The van der Waals surface area contributed by atoms with E-state index in [9.17, 15) is 0 Å². The van der Waals surface area contributed by atoms with E-state index in [4.69, 9.17) is 9.47 Å². The maximum atomic E-state index is 5.18. The van der Waals surface area contributed by atoms with E-state index in [0.717, 1.165) is 11.8 Å². The van der Waals surface area contributed by atoms with Gasteiger partial charge in [-0.2, -0.15) is 0 Å². The second-order valence-corrected chi connectivity index (χ2v) is 2.39. The molecule has 0 bridgehead atoms. The molecule has 0 radical (unpaired) electrons. The Balaban J connectivity index is 3.18. The van der Waals surface area contributed by atoms with E-state index in [2.05, 4.69) is 15.9 Å². The van der Waals surface area contributed by atoms with Crippen LogP contribution in [-0.2, 0) is 9.47 Å². The minimum Gasteiger partial charge on any atom is -0.356 e. The van der Waals surface area contributed by atoms with E-state index < -0.39 is 0 Å². The van der Waals surface area contributed by atoms with Crippen molar-refractivity contribution >= 4 is 15.9 Å². The van der Waals surface area contributed by atoms with Crippen molar-refractivity contribution in [2.75, 3.05) is 19.0 Å². The Morgan fingerprint density at radius 2 is 2.22 bits per heavy atom. The van der Waals surface area contributed by atoms with Crippen molar-refractivity contribution in [3.63, 3.8) is 0 Å². The highest BCUT2D eigenvalue weighted by Crippen LogP contribution is 2.00. The number of methoxy groups -OCH3 is 1. The first kappa shape index (κ1) is 9.40. The summed E-state index contributed by atoms with van der Waals surface area (Å²) < 4.78 is 10.2.